The van der Waals surface area contributed by atoms with Crippen molar-refractivity contribution in [1.29, 1.82) is 0 Å². The number of aromatic nitrogens is 2. The Morgan fingerprint density at radius 2 is 2.07 bits per heavy atom. The summed E-state index contributed by atoms with van der Waals surface area (Å²) in [6, 6.07) is 12.3. The third kappa shape index (κ3) is 4.12. The Bertz CT molecular complexity index is 1040. The molecule has 2 aromatic carbocycles. The monoisotopic (exact) mass is 441 g/mol. The van der Waals surface area contributed by atoms with Crippen LogP contribution in [0.25, 0.3) is 0 Å². The van der Waals surface area contributed by atoms with Crippen LogP contribution in [-0.2, 0) is 17.6 Å². The number of carbonyl (C=O) groups excluding carboxylic acids is 1. The van der Waals surface area contributed by atoms with E-state index in [1.54, 1.807) is 18.3 Å². The van der Waals surface area contributed by atoms with Crippen molar-refractivity contribution in [1.82, 2.24) is 9.97 Å². The molecule has 1 amide bonds. The number of hydrogen-bond donors (Lipinski definition) is 3. The summed E-state index contributed by atoms with van der Waals surface area (Å²) in [4.78, 5) is 20.2. The maximum absolute atomic E-state index is 13.7. The average molecular weight is 442 g/mol. The molecule has 0 spiro atoms. The van der Waals surface area contributed by atoms with Crippen LogP contribution in [0.15, 0.2) is 53.1 Å². The third-order valence-electron chi connectivity index (χ3n) is 4.38. The van der Waals surface area contributed by atoms with Crippen LogP contribution < -0.4 is 16.0 Å². The van der Waals surface area contributed by atoms with Crippen LogP contribution in [0.4, 0.5) is 27.5 Å². The molecule has 2 heterocycles. The van der Waals surface area contributed by atoms with Crippen molar-refractivity contribution < 1.29 is 9.18 Å². The molecule has 0 unspecified atom stereocenters. The number of nitrogens with one attached hydrogen (secondary N) is 3. The average Bonchev–Trinajstić information content (AvgIpc) is 3.05. The number of carbonyl (C=O) groups is 1. The molecule has 6 nitrogen and oxygen atoms in total. The van der Waals surface area contributed by atoms with Crippen LogP contribution in [0.1, 0.15) is 11.1 Å². The lowest BCUT2D eigenvalue weighted by atomic mass is 10.1. The van der Waals surface area contributed by atoms with Crippen molar-refractivity contribution in [3.8, 4) is 0 Å². The van der Waals surface area contributed by atoms with Gasteiger partial charge in [0.25, 0.3) is 0 Å². The van der Waals surface area contributed by atoms with Gasteiger partial charge in [0, 0.05) is 24.1 Å². The molecule has 0 saturated heterocycles. The molecule has 0 fully saturated rings. The Morgan fingerprint density at radius 1 is 1.21 bits per heavy atom. The molecule has 3 N–H and O–H groups in total. The third-order valence-corrected chi connectivity index (χ3v) is 4.96. The summed E-state index contributed by atoms with van der Waals surface area (Å²) < 4.78 is 14.4. The van der Waals surface area contributed by atoms with Gasteiger partial charge in [0.1, 0.15) is 11.6 Å². The molecule has 0 radical (unpaired) electrons. The Morgan fingerprint density at radius 3 is 2.93 bits per heavy atom. The number of amides is 1. The van der Waals surface area contributed by atoms with E-state index in [4.69, 9.17) is 0 Å². The summed E-state index contributed by atoms with van der Waals surface area (Å²) in [5.41, 5.74) is 3.23. The van der Waals surface area contributed by atoms with Gasteiger partial charge in [-0.15, -0.1) is 0 Å². The minimum Gasteiger partial charge on any atom is -0.369 e. The van der Waals surface area contributed by atoms with Gasteiger partial charge < -0.3 is 16.0 Å². The molecule has 1 aliphatic heterocycles. The molecule has 0 saturated carbocycles. The van der Waals surface area contributed by atoms with Gasteiger partial charge in [-0.3, -0.25) is 4.79 Å². The summed E-state index contributed by atoms with van der Waals surface area (Å²) in [7, 11) is 0. The largest absolute Gasteiger partial charge is 0.369 e. The summed E-state index contributed by atoms with van der Waals surface area (Å²) in [5, 5.41) is 9.16. The second kappa shape index (κ2) is 7.93. The molecule has 8 heteroatoms. The minimum absolute atomic E-state index is 0.00613. The summed E-state index contributed by atoms with van der Waals surface area (Å²) in [5.74, 6) is 0.826. The molecule has 28 heavy (non-hydrogen) atoms. The number of benzene rings is 2. The van der Waals surface area contributed by atoms with E-state index in [9.17, 15) is 9.18 Å². The second-order valence-corrected chi connectivity index (χ2v) is 7.23. The van der Waals surface area contributed by atoms with E-state index in [1.165, 1.54) is 6.07 Å². The van der Waals surface area contributed by atoms with Crippen LogP contribution in [0.2, 0.25) is 0 Å². The van der Waals surface area contributed by atoms with Crippen molar-refractivity contribution in [3.63, 3.8) is 0 Å². The highest BCUT2D eigenvalue weighted by Gasteiger charge is 2.17. The lowest BCUT2D eigenvalue weighted by Crippen LogP contribution is -2.09. The lowest BCUT2D eigenvalue weighted by Gasteiger charge is -2.11. The molecule has 142 valence electrons. The first-order chi connectivity index (χ1) is 13.6. The van der Waals surface area contributed by atoms with E-state index < -0.39 is 0 Å². The maximum Gasteiger partial charge on any atom is 0.229 e. The van der Waals surface area contributed by atoms with E-state index in [2.05, 4.69) is 41.8 Å². The van der Waals surface area contributed by atoms with Gasteiger partial charge in [-0.05, 0) is 57.7 Å². The van der Waals surface area contributed by atoms with Crippen LogP contribution in [0.3, 0.4) is 0 Å². The van der Waals surface area contributed by atoms with Crippen molar-refractivity contribution in [2.45, 2.75) is 12.8 Å². The molecule has 1 aliphatic rings. The highest BCUT2D eigenvalue weighted by Crippen LogP contribution is 2.28. The maximum atomic E-state index is 13.7. The number of hydrogen-bond acceptors (Lipinski definition) is 5. The zero-order chi connectivity index (χ0) is 19.5. The molecule has 4 rings (SSSR count). The minimum atomic E-state index is -0.210. The van der Waals surface area contributed by atoms with E-state index in [0.717, 1.165) is 21.4 Å². The van der Waals surface area contributed by atoms with Crippen molar-refractivity contribution >= 4 is 45.0 Å². The Balaban J connectivity index is 1.43. The standard InChI is InChI=1S/C20H17BrFN5O/c21-15-11-24-20(25-14-5-6-17-13(9-14)10-18(28)26-17)27-19(15)23-8-7-12-3-1-2-4-16(12)22/h1-6,9,11H,7-8,10H2,(H,26,28)(H2,23,24,25,27). The van der Waals surface area contributed by atoms with Gasteiger partial charge in [-0.2, -0.15) is 4.98 Å². The summed E-state index contributed by atoms with van der Waals surface area (Å²) in [6.07, 6.45) is 2.56. The first-order valence-electron chi connectivity index (χ1n) is 8.78. The second-order valence-electron chi connectivity index (χ2n) is 6.38. The predicted octanol–water partition coefficient (Wildman–Crippen LogP) is 4.27. The van der Waals surface area contributed by atoms with Gasteiger partial charge in [0.05, 0.1) is 10.9 Å². The van der Waals surface area contributed by atoms with E-state index >= 15 is 0 Å². The molecular formula is C20H17BrFN5O. The highest BCUT2D eigenvalue weighted by atomic mass is 79.9. The van der Waals surface area contributed by atoms with Crippen molar-refractivity contribution in [2.24, 2.45) is 0 Å². The van der Waals surface area contributed by atoms with Crippen molar-refractivity contribution in [3.05, 3.63) is 70.1 Å². The van der Waals surface area contributed by atoms with Gasteiger partial charge >= 0.3 is 0 Å². The summed E-state index contributed by atoms with van der Waals surface area (Å²) >= 11 is 3.43. The Labute approximate surface area is 169 Å². The van der Waals surface area contributed by atoms with Crippen LogP contribution in [-0.4, -0.2) is 22.4 Å². The number of fused-ring (bicyclic) bond motifs is 1. The SMILES string of the molecule is O=C1Cc2cc(Nc3ncc(Br)c(NCCc4ccccc4F)n3)ccc2N1. The fourth-order valence-electron chi connectivity index (χ4n) is 3.00. The van der Waals surface area contributed by atoms with E-state index in [-0.39, 0.29) is 11.7 Å². The molecule has 0 atom stereocenters. The Kier molecular flexibility index (Phi) is 5.21. The highest BCUT2D eigenvalue weighted by molar-refractivity contribution is 9.10. The first-order valence-corrected chi connectivity index (χ1v) is 9.57. The normalized spacial score (nSPS) is 12.4. The number of rotatable bonds is 6. The summed E-state index contributed by atoms with van der Waals surface area (Å²) in [6.45, 7) is 0.530. The molecule has 0 aliphatic carbocycles. The lowest BCUT2D eigenvalue weighted by molar-refractivity contribution is -0.115. The quantitative estimate of drug-likeness (QED) is 0.532. The predicted molar refractivity (Wildman–Crippen MR) is 110 cm³/mol. The number of nitrogens with zero attached hydrogens (tertiary/aromatic N) is 2. The Hall–Kier alpha value is -3.00. The van der Waals surface area contributed by atoms with Crippen LogP contribution >= 0.6 is 15.9 Å². The van der Waals surface area contributed by atoms with Crippen LogP contribution in [0.5, 0.6) is 0 Å². The van der Waals surface area contributed by atoms with Gasteiger partial charge in [0.15, 0.2) is 0 Å². The molecule has 0 bridgehead atoms. The molecule has 1 aromatic heterocycles. The molecular weight excluding hydrogens is 425 g/mol. The zero-order valence-corrected chi connectivity index (χ0v) is 16.4. The fourth-order valence-corrected chi connectivity index (χ4v) is 3.34. The van der Waals surface area contributed by atoms with Crippen LogP contribution in [0, 0.1) is 5.82 Å². The zero-order valence-electron chi connectivity index (χ0n) is 14.8. The van der Waals surface area contributed by atoms with Gasteiger partial charge in [-0.25, -0.2) is 9.37 Å². The molecule has 3 aromatic rings. The number of anilines is 4. The first kappa shape index (κ1) is 18.4. The van der Waals surface area contributed by atoms with E-state index in [1.807, 2.05) is 24.3 Å². The smallest absolute Gasteiger partial charge is 0.229 e. The van der Waals surface area contributed by atoms with Gasteiger partial charge in [-0.1, -0.05) is 18.2 Å². The fraction of sp³-hybridized carbons (Fsp3) is 0.150. The van der Waals surface area contributed by atoms with Crippen molar-refractivity contribution in [2.75, 3.05) is 22.5 Å². The van der Waals surface area contributed by atoms with Gasteiger partial charge in [0.2, 0.25) is 11.9 Å². The topological polar surface area (TPSA) is 78.9 Å². The van der Waals surface area contributed by atoms with E-state index in [0.29, 0.717) is 36.7 Å². The number of halogens is 2.